The summed E-state index contributed by atoms with van der Waals surface area (Å²) in [4.78, 5) is 0. The second-order valence-corrected chi connectivity index (χ2v) is 4.94. The lowest BCUT2D eigenvalue weighted by molar-refractivity contribution is 0.304. The molecule has 2 unspecified atom stereocenters. The molecule has 1 rings (SSSR count). The highest BCUT2D eigenvalue weighted by Gasteiger charge is 2.22. The fourth-order valence-corrected chi connectivity index (χ4v) is 2.67. The van der Waals surface area contributed by atoms with Gasteiger partial charge in [-0.15, -0.1) is 0 Å². The van der Waals surface area contributed by atoms with Gasteiger partial charge in [0.05, 0.1) is 0 Å². The second kappa shape index (κ2) is 6.44. The normalized spacial score (nSPS) is 22.5. The Morgan fingerprint density at radius 1 is 1.21 bits per heavy atom. The molecule has 0 amide bonds. The molecule has 1 N–H and O–H groups in total. The standard InChI is InChI=1S/C13H27N/c1-4-11(3)13(14-5-2)10-12-8-6-7-9-12/h11-14H,4-10H2,1-3H3. The van der Waals surface area contributed by atoms with Gasteiger partial charge in [0.15, 0.2) is 0 Å². The van der Waals surface area contributed by atoms with E-state index in [2.05, 4.69) is 26.1 Å². The molecule has 0 aromatic heterocycles. The first-order chi connectivity index (χ1) is 6.77. The van der Waals surface area contributed by atoms with E-state index in [-0.39, 0.29) is 0 Å². The van der Waals surface area contributed by atoms with Crippen LogP contribution in [0.5, 0.6) is 0 Å². The Balaban J connectivity index is 2.33. The van der Waals surface area contributed by atoms with Crippen LogP contribution >= 0.6 is 0 Å². The zero-order valence-electron chi connectivity index (χ0n) is 10.2. The zero-order chi connectivity index (χ0) is 10.4. The van der Waals surface area contributed by atoms with Gasteiger partial charge in [0.25, 0.3) is 0 Å². The van der Waals surface area contributed by atoms with E-state index < -0.39 is 0 Å². The van der Waals surface area contributed by atoms with Crippen LogP contribution < -0.4 is 5.32 Å². The summed E-state index contributed by atoms with van der Waals surface area (Å²) in [5.74, 6) is 1.86. The van der Waals surface area contributed by atoms with Crippen molar-refractivity contribution in [3.05, 3.63) is 0 Å². The van der Waals surface area contributed by atoms with Gasteiger partial charge in [-0.05, 0) is 24.8 Å². The van der Waals surface area contributed by atoms with E-state index in [9.17, 15) is 0 Å². The minimum Gasteiger partial charge on any atom is -0.314 e. The summed E-state index contributed by atoms with van der Waals surface area (Å²) in [6.45, 7) is 8.05. The first-order valence-electron chi connectivity index (χ1n) is 6.51. The summed E-state index contributed by atoms with van der Waals surface area (Å²) in [7, 11) is 0. The summed E-state index contributed by atoms with van der Waals surface area (Å²) in [5, 5.41) is 3.66. The average Bonchev–Trinajstić information content (AvgIpc) is 2.68. The molecule has 1 nitrogen and oxygen atoms in total. The van der Waals surface area contributed by atoms with Crippen molar-refractivity contribution in [1.82, 2.24) is 5.32 Å². The first kappa shape index (κ1) is 12.0. The molecule has 1 saturated carbocycles. The van der Waals surface area contributed by atoms with Gasteiger partial charge >= 0.3 is 0 Å². The van der Waals surface area contributed by atoms with E-state index in [1.54, 1.807) is 0 Å². The van der Waals surface area contributed by atoms with Crippen LogP contribution in [0.2, 0.25) is 0 Å². The maximum absolute atomic E-state index is 3.66. The Morgan fingerprint density at radius 2 is 1.86 bits per heavy atom. The Labute approximate surface area is 89.7 Å². The molecule has 1 heteroatoms. The van der Waals surface area contributed by atoms with Crippen LogP contribution in [-0.2, 0) is 0 Å². The second-order valence-electron chi connectivity index (χ2n) is 4.94. The highest BCUT2D eigenvalue weighted by molar-refractivity contribution is 4.78. The van der Waals surface area contributed by atoms with Crippen LogP contribution in [0.3, 0.4) is 0 Å². The molecule has 1 aliphatic rings. The minimum absolute atomic E-state index is 0.771. The third-order valence-corrected chi connectivity index (χ3v) is 3.86. The number of nitrogens with one attached hydrogen (secondary N) is 1. The molecule has 0 aromatic carbocycles. The monoisotopic (exact) mass is 197 g/mol. The Hall–Kier alpha value is -0.0400. The van der Waals surface area contributed by atoms with Crippen LogP contribution in [-0.4, -0.2) is 12.6 Å². The van der Waals surface area contributed by atoms with E-state index in [1.807, 2.05) is 0 Å². The Morgan fingerprint density at radius 3 is 2.36 bits per heavy atom. The summed E-state index contributed by atoms with van der Waals surface area (Å²) in [5.41, 5.74) is 0. The van der Waals surface area contributed by atoms with E-state index in [0.29, 0.717) is 0 Å². The van der Waals surface area contributed by atoms with Crippen LogP contribution in [0.4, 0.5) is 0 Å². The molecule has 0 aromatic rings. The van der Waals surface area contributed by atoms with Crippen molar-refractivity contribution in [1.29, 1.82) is 0 Å². The lowest BCUT2D eigenvalue weighted by atomic mass is 9.89. The highest BCUT2D eigenvalue weighted by atomic mass is 14.9. The third-order valence-electron chi connectivity index (χ3n) is 3.86. The molecule has 1 aliphatic carbocycles. The van der Waals surface area contributed by atoms with Crippen LogP contribution in [0, 0.1) is 11.8 Å². The predicted octanol–water partition coefficient (Wildman–Crippen LogP) is 3.59. The molecule has 0 saturated heterocycles. The van der Waals surface area contributed by atoms with Crippen molar-refractivity contribution in [3.8, 4) is 0 Å². The SMILES string of the molecule is CCNC(CC1CCCC1)C(C)CC. The van der Waals surface area contributed by atoms with E-state index >= 15 is 0 Å². The molecule has 14 heavy (non-hydrogen) atoms. The number of hydrogen-bond acceptors (Lipinski definition) is 1. The third kappa shape index (κ3) is 3.61. The molecule has 0 radical (unpaired) electrons. The maximum Gasteiger partial charge on any atom is 0.00951 e. The Kier molecular flexibility index (Phi) is 5.54. The Bertz CT molecular complexity index is 138. The van der Waals surface area contributed by atoms with Gasteiger partial charge in [-0.25, -0.2) is 0 Å². The van der Waals surface area contributed by atoms with Crippen molar-refractivity contribution in [2.75, 3.05) is 6.54 Å². The van der Waals surface area contributed by atoms with Crippen molar-refractivity contribution < 1.29 is 0 Å². The topological polar surface area (TPSA) is 12.0 Å². The molecule has 84 valence electrons. The van der Waals surface area contributed by atoms with Gasteiger partial charge in [-0.1, -0.05) is 52.9 Å². The maximum atomic E-state index is 3.66. The number of rotatable bonds is 6. The molecular formula is C13H27N. The van der Waals surface area contributed by atoms with Crippen molar-refractivity contribution >= 4 is 0 Å². The number of hydrogen-bond donors (Lipinski definition) is 1. The molecule has 0 spiro atoms. The molecule has 2 atom stereocenters. The van der Waals surface area contributed by atoms with Crippen molar-refractivity contribution in [3.63, 3.8) is 0 Å². The fourth-order valence-electron chi connectivity index (χ4n) is 2.67. The lowest BCUT2D eigenvalue weighted by Gasteiger charge is -2.26. The lowest BCUT2D eigenvalue weighted by Crippen LogP contribution is -2.36. The summed E-state index contributed by atoms with van der Waals surface area (Å²) in [6.07, 6.45) is 8.65. The average molecular weight is 197 g/mol. The van der Waals surface area contributed by atoms with Gasteiger partial charge in [0, 0.05) is 6.04 Å². The van der Waals surface area contributed by atoms with Gasteiger partial charge < -0.3 is 5.32 Å². The van der Waals surface area contributed by atoms with Gasteiger partial charge in [0.1, 0.15) is 0 Å². The zero-order valence-corrected chi connectivity index (χ0v) is 10.2. The molecule has 0 bridgehead atoms. The molecule has 0 aliphatic heterocycles. The summed E-state index contributed by atoms with van der Waals surface area (Å²) < 4.78 is 0. The van der Waals surface area contributed by atoms with E-state index in [4.69, 9.17) is 0 Å². The van der Waals surface area contributed by atoms with Crippen LogP contribution in [0.25, 0.3) is 0 Å². The molecular weight excluding hydrogens is 170 g/mol. The summed E-state index contributed by atoms with van der Waals surface area (Å²) in [6, 6.07) is 0.771. The summed E-state index contributed by atoms with van der Waals surface area (Å²) >= 11 is 0. The smallest absolute Gasteiger partial charge is 0.00951 e. The molecule has 0 heterocycles. The van der Waals surface area contributed by atoms with Gasteiger partial charge in [0.2, 0.25) is 0 Å². The van der Waals surface area contributed by atoms with Gasteiger partial charge in [-0.3, -0.25) is 0 Å². The quantitative estimate of drug-likeness (QED) is 0.686. The molecule has 1 fully saturated rings. The minimum atomic E-state index is 0.771. The highest BCUT2D eigenvalue weighted by Crippen LogP contribution is 2.30. The van der Waals surface area contributed by atoms with Crippen LogP contribution in [0.15, 0.2) is 0 Å². The first-order valence-corrected chi connectivity index (χ1v) is 6.51. The van der Waals surface area contributed by atoms with Gasteiger partial charge in [-0.2, -0.15) is 0 Å². The van der Waals surface area contributed by atoms with Crippen LogP contribution in [0.1, 0.15) is 59.3 Å². The predicted molar refractivity (Wildman–Crippen MR) is 63.5 cm³/mol. The fraction of sp³-hybridized carbons (Fsp3) is 1.00. The van der Waals surface area contributed by atoms with Crippen molar-refractivity contribution in [2.24, 2.45) is 11.8 Å². The van der Waals surface area contributed by atoms with Crippen molar-refractivity contribution in [2.45, 2.75) is 65.3 Å². The van der Waals surface area contributed by atoms with E-state index in [0.717, 1.165) is 24.4 Å². The van der Waals surface area contributed by atoms with E-state index in [1.165, 1.54) is 38.5 Å². The largest absolute Gasteiger partial charge is 0.314 e.